The SMILES string of the molecule is Cc1nc(CS(C)(=O)=O)nc(N)c1Br. The lowest BCUT2D eigenvalue weighted by Gasteiger charge is -2.04. The molecule has 0 saturated carbocycles. The molecule has 0 saturated heterocycles. The van der Waals surface area contributed by atoms with Gasteiger partial charge in [-0.2, -0.15) is 0 Å². The van der Waals surface area contributed by atoms with E-state index < -0.39 is 9.84 Å². The van der Waals surface area contributed by atoms with E-state index >= 15 is 0 Å². The number of hydrogen-bond donors (Lipinski definition) is 1. The van der Waals surface area contributed by atoms with Crippen LogP contribution >= 0.6 is 15.9 Å². The number of aryl methyl sites for hydroxylation is 1. The molecule has 78 valence electrons. The molecule has 0 aliphatic carbocycles. The second-order valence-corrected chi connectivity index (χ2v) is 5.93. The molecule has 2 N–H and O–H groups in total. The van der Waals surface area contributed by atoms with Gasteiger partial charge in [0.1, 0.15) is 17.4 Å². The number of nitrogens with two attached hydrogens (primary N) is 1. The van der Waals surface area contributed by atoms with E-state index in [1.54, 1.807) is 6.92 Å². The van der Waals surface area contributed by atoms with Crippen LogP contribution in [-0.4, -0.2) is 24.6 Å². The van der Waals surface area contributed by atoms with Gasteiger partial charge in [-0.1, -0.05) is 0 Å². The zero-order valence-corrected chi connectivity index (χ0v) is 10.2. The quantitative estimate of drug-likeness (QED) is 0.860. The summed E-state index contributed by atoms with van der Waals surface area (Å²) in [5, 5.41) is 0. The molecule has 7 heteroatoms. The third-order valence-corrected chi connectivity index (χ3v) is 3.24. The molecule has 0 aromatic carbocycles. The predicted octanol–water partition coefficient (Wildman–Crippen LogP) is 0.674. The molecule has 0 atom stereocenters. The van der Waals surface area contributed by atoms with Crippen LogP contribution in [0.25, 0.3) is 0 Å². The van der Waals surface area contributed by atoms with Crippen molar-refractivity contribution in [3.63, 3.8) is 0 Å². The van der Waals surface area contributed by atoms with Crippen molar-refractivity contribution in [2.24, 2.45) is 0 Å². The molecule has 0 amide bonds. The van der Waals surface area contributed by atoms with Crippen LogP contribution in [0.2, 0.25) is 0 Å². The average Bonchev–Trinajstić information content (AvgIpc) is 1.96. The summed E-state index contributed by atoms with van der Waals surface area (Å²) in [6, 6.07) is 0. The molecule has 0 aliphatic rings. The second-order valence-electron chi connectivity index (χ2n) is 2.99. The Hall–Kier alpha value is -0.690. The lowest BCUT2D eigenvalue weighted by atomic mass is 10.4. The third kappa shape index (κ3) is 2.91. The van der Waals surface area contributed by atoms with Crippen LogP contribution in [0.3, 0.4) is 0 Å². The number of halogens is 1. The van der Waals surface area contributed by atoms with Crippen molar-refractivity contribution in [2.75, 3.05) is 12.0 Å². The maximum Gasteiger partial charge on any atom is 0.154 e. The summed E-state index contributed by atoms with van der Waals surface area (Å²) in [5.41, 5.74) is 6.18. The molecule has 0 bridgehead atoms. The molecule has 1 rings (SSSR count). The average molecular weight is 280 g/mol. The first-order chi connectivity index (χ1) is 6.29. The Morgan fingerprint density at radius 3 is 2.43 bits per heavy atom. The van der Waals surface area contributed by atoms with E-state index in [0.29, 0.717) is 10.2 Å². The summed E-state index contributed by atoms with van der Waals surface area (Å²) < 4.78 is 22.6. The molecule has 0 radical (unpaired) electrons. The summed E-state index contributed by atoms with van der Waals surface area (Å²) in [6.07, 6.45) is 1.13. The van der Waals surface area contributed by atoms with E-state index in [9.17, 15) is 8.42 Å². The van der Waals surface area contributed by atoms with Crippen LogP contribution in [0.15, 0.2) is 4.47 Å². The number of sulfone groups is 1. The van der Waals surface area contributed by atoms with Crippen molar-refractivity contribution >= 4 is 31.6 Å². The monoisotopic (exact) mass is 279 g/mol. The van der Waals surface area contributed by atoms with Crippen molar-refractivity contribution in [1.29, 1.82) is 0 Å². The van der Waals surface area contributed by atoms with Gasteiger partial charge in [0.2, 0.25) is 0 Å². The van der Waals surface area contributed by atoms with Crippen molar-refractivity contribution in [1.82, 2.24) is 9.97 Å². The molecule has 1 aromatic rings. The Labute approximate surface area is 90.8 Å². The number of nitrogens with zero attached hydrogens (tertiary/aromatic N) is 2. The van der Waals surface area contributed by atoms with E-state index in [1.807, 2.05) is 0 Å². The van der Waals surface area contributed by atoms with Gasteiger partial charge in [-0.25, -0.2) is 18.4 Å². The largest absolute Gasteiger partial charge is 0.383 e. The minimum atomic E-state index is -3.12. The molecule has 0 unspecified atom stereocenters. The van der Waals surface area contributed by atoms with E-state index in [4.69, 9.17) is 5.73 Å². The van der Waals surface area contributed by atoms with Crippen LogP contribution in [0.1, 0.15) is 11.5 Å². The number of nitrogen functional groups attached to an aromatic ring is 1. The van der Waals surface area contributed by atoms with Gasteiger partial charge in [0.05, 0.1) is 10.2 Å². The van der Waals surface area contributed by atoms with Crippen LogP contribution < -0.4 is 5.73 Å². The number of rotatable bonds is 2. The van der Waals surface area contributed by atoms with E-state index in [2.05, 4.69) is 25.9 Å². The van der Waals surface area contributed by atoms with E-state index in [0.717, 1.165) is 6.26 Å². The van der Waals surface area contributed by atoms with Crippen LogP contribution in [0.4, 0.5) is 5.82 Å². The first-order valence-corrected chi connectivity index (χ1v) is 6.61. The molecule has 0 fully saturated rings. The van der Waals surface area contributed by atoms with Gasteiger partial charge in [-0.3, -0.25) is 0 Å². The van der Waals surface area contributed by atoms with Gasteiger partial charge in [0, 0.05) is 6.26 Å². The molecule has 5 nitrogen and oxygen atoms in total. The van der Waals surface area contributed by atoms with Crippen molar-refractivity contribution in [3.8, 4) is 0 Å². The second kappa shape index (κ2) is 3.82. The van der Waals surface area contributed by atoms with Crippen LogP contribution in [0.5, 0.6) is 0 Å². The molecule has 14 heavy (non-hydrogen) atoms. The van der Waals surface area contributed by atoms with Gasteiger partial charge in [-0.15, -0.1) is 0 Å². The summed E-state index contributed by atoms with van der Waals surface area (Å²) in [5.74, 6) is 0.299. The lowest BCUT2D eigenvalue weighted by molar-refractivity contribution is 0.599. The molecule has 0 spiro atoms. The van der Waals surface area contributed by atoms with Gasteiger partial charge >= 0.3 is 0 Å². The number of hydrogen-bond acceptors (Lipinski definition) is 5. The highest BCUT2D eigenvalue weighted by Crippen LogP contribution is 2.20. The first kappa shape index (κ1) is 11.4. The highest BCUT2D eigenvalue weighted by Gasteiger charge is 2.11. The van der Waals surface area contributed by atoms with Crippen molar-refractivity contribution < 1.29 is 8.42 Å². The first-order valence-electron chi connectivity index (χ1n) is 3.76. The number of aromatic nitrogens is 2. The maximum atomic E-state index is 11.0. The fourth-order valence-corrected chi connectivity index (χ4v) is 1.72. The Morgan fingerprint density at radius 2 is 2.00 bits per heavy atom. The minimum Gasteiger partial charge on any atom is -0.383 e. The Kier molecular flexibility index (Phi) is 3.10. The molecular formula is C7H10BrN3O2S. The van der Waals surface area contributed by atoms with Gasteiger partial charge in [0.15, 0.2) is 9.84 Å². The topological polar surface area (TPSA) is 85.9 Å². The highest BCUT2D eigenvalue weighted by molar-refractivity contribution is 9.10. The Bertz CT molecular complexity index is 435. The standard InChI is InChI=1S/C7H10BrN3O2S/c1-4-6(8)7(9)11-5(10-4)3-14(2,12)13/h3H2,1-2H3,(H2,9,10,11). The zero-order valence-electron chi connectivity index (χ0n) is 7.78. The summed E-state index contributed by atoms with van der Waals surface area (Å²) in [6.45, 7) is 1.73. The molecule has 1 heterocycles. The fraction of sp³-hybridized carbons (Fsp3) is 0.429. The van der Waals surface area contributed by atoms with Crippen LogP contribution in [0, 0.1) is 6.92 Å². The van der Waals surface area contributed by atoms with E-state index in [-0.39, 0.29) is 17.4 Å². The smallest absolute Gasteiger partial charge is 0.154 e. The Balaban J connectivity index is 3.14. The van der Waals surface area contributed by atoms with Crippen molar-refractivity contribution in [3.05, 3.63) is 16.0 Å². The molecular weight excluding hydrogens is 270 g/mol. The maximum absolute atomic E-state index is 11.0. The summed E-state index contributed by atoms with van der Waals surface area (Å²) in [4.78, 5) is 7.86. The van der Waals surface area contributed by atoms with Crippen LogP contribution in [-0.2, 0) is 15.6 Å². The van der Waals surface area contributed by atoms with Gasteiger partial charge in [-0.05, 0) is 22.9 Å². The third-order valence-electron chi connectivity index (χ3n) is 1.48. The fourth-order valence-electron chi connectivity index (χ4n) is 0.940. The Morgan fingerprint density at radius 1 is 1.43 bits per heavy atom. The van der Waals surface area contributed by atoms with Gasteiger partial charge < -0.3 is 5.73 Å². The normalized spacial score (nSPS) is 11.6. The predicted molar refractivity (Wildman–Crippen MR) is 57.4 cm³/mol. The summed E-state index contributed by atoms with van der Waals surface area (Å²) >= 11 is 3.19. The zero-order chi connectivity index (χ0) is 10.9. The minimum absolute atomic E-state index is 0.189. The molecule has 1 aromatic heterocycles. The molecule has 0 aliphatic heterocycles. The number of anilines is 1. The van der Waals surface area contributed by atoms with Gasteiger partial charge in [0.25, 0.3) is 0 Å². The summed E-state index contributed by atoms with van der Waals surface area (Å²) in [7, 11) is -3.12. The van der Waals surface area contributed by atoms with Crippen molar-refractivity contribution in [2.45, 2.75) is 12.7 Å². The lowest BCUT2D eigenvalue weighted by Crippen LogP contribution is -2.08. The highest BCUT2D eigenvalue weighted by atomic mass is 79.9. The van der Waals surface area contributed by atoms with E-state index in [1.165, 1.54) is 0 Å².